The lowest BCUT2D eigenvalue weighted by Gasteiger charge is -2.26. The number of aromatic nitrogens is 4. The van der Waals surface area contributed by atoms with Crippen molar-refractivity contribution in [1.82, 2.24) is 24.8 Å². The van der Waals surface area contributed by atoms with E-state index in [0.717, 1.165) is 31.0 Å². The molecular weight excluding hydrogens is 286 g/mol. The summed E-state index contributed by atoms with van der Waals surface area (Å²) in [6.07, 6.45) is 1.65. The maximum Gasteiger partial charge on any atom is 0.226 e. The number of anilines is 2. The van der Waals surface area contributed by atoms with Gasteiger partial charge in [0, 0.05) is 44.2 Å². The van der Waals surface area contributed by atoms with E-state index in [-0.39, 0.29) is 0 Å². The van der Waals surface area contributed by atoms with Gasteiger partial charge in [-0.3, -0.25) is 4.90 Å². The number of rotatable bonds is 6. The van der Waals surface area contributed by atoms with E-state index in [0.29, 0.717) is 11.6 Å². The fourth-order valence-electron chi connectivity index (χ4n) is 2.36. The molecule has 3 heterocycles. The summed E-state index contributed by atoms with van der Waals surface area (Å²) in [6, 6.07) is 0. The molecule has 3 rings (SSSR count). The Labute approximate surface area is 128 Å². The van der Waals surface area contributed by atoms with E-state index in [2.05, 4.69) is 35.5 Å². The number of fused-ring (bicyclic) bond motifs is 1. The smallest absolute Gasteiger partial charge is 0.226 e. The summed E-state index contributed by atoms with van der Waals surface area (Å²) in [5.41, 5.74) is 1.56. The number of nitrogens with zero attached hydrogens (tertiary/aromatic N) is 4. The molecule has 114 valence electrons. The van der Waals surface area contributed by atoms with Crippen LogP contribution in [-0.4, -0.2) is 69.1 Å². The minimum Gasteiger partial charge on any atom is -0.367 e. The van der Waals surface area contributed by atoms with Crippen LogP contribution in [0.4, 0.5) is 11.8 Å². The molecule has 0 spiro atoms. The maximum absolute atomic E-state index is 4.52. The lowest BCUT2D eigenvalue weighted by molar-refractivity contribution is 0.314. The van der Waals surface area contributed by atoms with E-state index in [9.17, 15) is 0 Å². The summed E-state index contributed by atoms with van der Waals surface area (Å²) in [7, 11) is 0. The standard InChI is InChI=1S/C13H21N7S/c1-2-14-13-18-11(10-12(19-13)17-9-16-10)15-3-4-20-5-7-21-8-6-20/h9H,2-8H2,1H3,(H3,14,15,16,17,18,19). The summed E-state index contributed by atoms with van der Waals surface area (Å²) in [6.45, 7) is 7.09. The normalized spacial score (nSPS) is 16.2. The van der Waals surface area contributed by atoms with Gasteiger partial charge in [0.1, 0.15) is 5.52 Å². The molecule has 0 aliphatic carbocycles. The van der Waals surface area contributed by atoms with Gasteiger partial charge < -0.3 is 15.6 Å². The average molecular weight is 307 g/mol. The number of hydrogen-bond acceptors (Lipinski definition) is 7. The van der Waals surface area contributed by atoms with Crippen LogP contribution in [0.3, 0.4) is 0 Å². The van der Waals surface area contributed by atoms with Crippen LogP contribution in [0.15, 0.2) is 6.33 Å². The quantitative estimate of drug-likeness (QED) is 0.741. The third kappa shape index (κ3) is 3.56. The molecule has 0 saturated carbocycles. The van der Waals surface area contributed by atoms with Gasteiger partial charge in [0.05, 0.1) is 6.33 Å². The van der Waals surface area contributed by atoms with Gasteiger partial charge in [-0.25, -0.2) is 4.98 Å². The summed E-state index contributed by atoms with van der Waals surface area (Å²) in [5.74, 6) is 3.92. The molecule has 0 radical (unpaired) electrons. The van der Waals surface area contributed by atoms with Crippen LogP contribution < -0.4 is 10.6 Å². The first-order chi connectivity index (χ1) is 10.4. The second-order valence-electron chi connectivity index (χ2n) is 4.91. The molecule has 1 aliphatic heterocycles. The highest BCUT2D eigenvalue weighted by atomic mass is 32.2. The highest BCUT2D eigenvalue weighted by Crippen LogP contribution is 2.18. The van der Waals surface area contributed by atoms with Crippen LogP contribution in [0.5, 0.6) is 0 Å². The van der Waals surface area contributed by atoms with Gasteiger partial charge in [0.15, 0.2) is 11.5 Å². The average Bonchev–Trinajstić information content (AvgIpc) is 2.97. The van der Waals surface area contributed by atoms with Crippen LogP contribution >= 0.6 is 11.8 Å². The zero-order chi connectivity index (χ0) is 14.5. The van der Waals surface area contributed by atoms with Gasteiger partial charge in [-0.15, -0.1) is 0 Å². The van der Waals surface area contributed by atoms with E-state index in [1.165, 1.54) is 24.6 Å². The van der Waals surface area contributed by atoms with Gasteiger partial charge in [-0.2, -0.15) is 21.7 Å². The molecule has 1 saturated heterocycles. The van der Waals surface area contributed by atoms with Crippen LogP contribution in [0.1, 0.15) is 6.92 Å². The minimum atomic E-state index is 0.619. The third-order valence-electron chi connectivity index (χ3n) is 3.44. The maximum atomic E-state index is 4.52. The van der Waals surface area contributed by atoms with Crippen molar-refractivity contribution in [3.8, 4) is 0 Å². The van der Waals surface area contributed by atoms with E-state index in [1.54, 1.807) is 6.33 Å². The van der Waals surface area contributed by atoms with Gasteiger partial charge in [-0.05, 0) is 6.92 Å². The van der Waals surface area contributed by atoms with E-state index in [1.807, 2.05) is 18.7 Å². The molecule has 0 amide bonds. The van der Waals surface area contributed by atoms with Crippen molar-refractivity contribution in [2.24, 2.45) is 0 Å². The number of nitrogens with one attached hydrogen (secondary N) is 3. The van der Waals surface area contributed by atoms with Crippen LogP contribution in [0.25, 0.3) is 11.2 Å². The molecular formula is C13H21N7S. The first-order valence-corrected chi connectivity index (χ1v) is 8.51. The fraction of sp³-hybridized carbons (Fsp3) is 0.615. The van der Waals surface area contributed by atoms with Crippen molar-refractivity contribution in [3.63, 3.8) is 0 Å². The largest absolute Gasteiger partial charge is 0.367 e. The van der Waals surface area contributed by atoms with E-state index >= 15 is 0 Å². The number of thioether (sulfide) groups is 1. The summed E-state index contributed by atoms with van der Waals surface area (Å²) >= 11 is 2.03. The lowest BCUT2D eigenvalue weighted by atomic mass is 10.4. The highest BCUT2D eigenvalue weighted by Gasteiger charge is 2.12. The highest BCUT2D eigenvalue weighted by molar-refractivity contribution is 7.99. The first-order valence-electron chi connectivity index (χ1n) is 7.36. The summed E-state index contributed by atoms with van der Waals surface area (Å²) in [5, 5.41) is 6.55. The Hall–Kier alpha value is -1.54. The second-order valence-corrected chi connectivity index (χ2v) is 6.13. The summed E-state index contributed by atoms with van der Waals surface area (Å²) < 4.78 is 0. The zero-order valence-corrected chi connectivity index (χ0v) is 13.0. The zero-order valence-electron chi connectivity index (χ0n) is 12.2. The SMILES string of the molecule is CCNc1nc(NCCN2CCSCC2)c2[nH]cnc2n1. The Bertz CT molecular complexity index is 579. The van der Waals surface area contributed by atoms with Gasteiger partial charge >= 0.3 is 0 Å². The van der Waals surface area contributed by atoms with E-state index < -0.39 is 0 Å². The lowest BCUT2D eigenvalue weighted by Crippen LogP contribution is -2.36. The number of imidazole rings is 1. The molecule has 2 aromatic heterocycles. The van der Waals surface area contributed by atoms with Crippen LogP contribution in [0.2, 0.25) is 0 Å². The number of aromatic amines is 1. The van der Waals surface area contributed by atoms with Gasteiger partial charge in [0.25, 0.3) is 0 Å². The van der Waals surface area contributed by atoms with Crippen molar-refractivity contribution in [2.45, 2.75) is 6.92 Å². The Kier molecular flexibility index (Phi) is 4.76. The molecule has 3 N–H and O–H groups in total. The fourth-order valence-corrected chi connectivity index (χ4v) is 3.33. The molecule has 0 atom stereocenters. The summed E-state index contributed by atoms with van der Waals surface area (Å²) in [4.78, 5) is 18.7. The molecule has 0 unspecified atom stereocenters. The molecule has 0 bridgehead atoms. The molecule has 2 aromatic rings. The minimum absolute atomic E-state index is 0.619. The second kappa shape index (κ2) is 6.95. The molecule has 7 nitrogen and oxygen atoms in total. The molecule has 8 heteroatoms. The van der Waals surface area contributed by atoms with Crippen molar-refractivity contribution in [3.05, 3.63) is 6.33 Å². The van der Waals surface area contributed by atoms with E-state index in [4.69, 9.17) is 0 Å². The van der Waals surface area contributed by atoms with Crippen molar-refractivity contribution >= 4 is 34.7 Å². The number of hydrogen-bond donors (Lipinski definition) is 3. The topological polar surface area (TPSA) is 81.8 Å². The first kappa shape index (κ1) is 14.4. The van der Waals surface area contributed by atoms with Crippen LogP contribution in [0, 0.1) is 0 Å². The third-order valence-corrected chi connectivity index (χ3v) is 4.39. The van der Waals surface area contributed by atoms with Gasteiger partial charge in [0.2, 0.25) is 5.95 Å². The Balaban J connectivity index is 1.65. The van der Waals surface area contributed by atoms with Crippen molar-refractivity contribution < 1.29 is 0 Å². The predicted octanol–water partition coefficient (Wildman–Crippen LogP) is 1.25. The van der Waals surface area contributed by atoms with Crippen molar-refractivity contribution in [2.75, 3.05) is 54.9 Å². The Morgan fingerprint density at radius 3 is 2.95 bits per heavy atom. The molecule has 1 aliphatic rings. The number of H-pyrrole nitrogens is 1. The van der Waals surface area contributed by atoms with Crippen molar-refractivity contribution in [1.29, 1.82) is 0 Å². The van der Waals surface area contributed by atoms with Gasteiger partial charge in [-0.1, -0.05) is 0 Å². The molecule has 1 fully saturated rings. The Morgan fingerprint density at radius 1 is 1.29 bits per heavy atom. The Morgan fingerprint density at radius 2 is 2.14 bits per heavy atom. The monoisotopic (exact) mass is 307 g/mol. The predicted molar refractivity (Wildman–Crippen MR) is 88.1 cm³/mol. The van der Waals surface area contributed by atoms with Crippen LogP contribution in [-0.2, 0) is 0 Å². The molecule has 0 aromatic carbocycles. The molecule has 21 heavy (non-hydrogen) atoms.